The number of hydrogen-bond acceptors (Lipinski definition) is 6. The minimum Gasteiger partial charge on any atom is -0.493 e. The van der Waals surface area contributed by atoms with Gasteiger partial charge in [0.15, 0.2) is 11.5 Å². The lowest BCUT2D eigenvalue weighted by atomic mass is 10.1. The van der Waals surface area contributed by atoms with Gasteiger partial charge < -0.3 is 20.1 Å². The molecule has 8 heteroatoms. The molecule has 2 N–H and O–H groups in total. The molecule has 0 aliphatic rings. The second kappa shape index (κ2) is 9.82. The van der Waals surface area contributed by atoms with E-state index in [0.29, 0.717) is 22.7 Å². The number of nitrogens with one attached hydrogen (secondary N) is 2. The Labute approximate surface area is 162 Å². The molecular formula is C19H23N3O4S. The molecule has 0 radical (unpaired) electrons. The Hall–Kier alpha value is -2.74. The normalized spacial score (nSPS) is 10.4. The molecule has 2 aromatic rings. The van der Waals surface area contributed by atoms with E-state index in [0.717, 1.165) is 4.90 Å². The molecule has 0 atom stereocenters. The largest absolute Gasteiger partial charge is 0.493 e. The first-order chi connectivity index (χ1) is 12.9. The second-order valence-corrected chi connectivity index (χ2v) is 6.96. The summed E-state index contributed by atoms with van der Waals surface area (Å²) in [5.41, 5.74) is 0.754. The third-order valence-electron chi connectivity index (χ3n) is 3.45. The predicted molar refractivity (Wildman–Crippen MR) is 106 cm³/mol. The predicted octanol–water partition coefficient (Wildman–Crippen LogP) is 2.97. The Kier molecular flexibility index (Phi) is 7.48. The van der Waals surface area contributed by atoms with Gasteiger partial charge in [0.2, 0.25) is 5.91 Å². The van der Waals surface area contributed by atoms with Crippen LogP contribution in [-0.4, -0.2) is 42.8 Å². The lowest BCUT2D eigenvalue weighted by molar-refractivity contribution is -0.113. The molecular weight excluding hydrogens is 366 g/mol. The summed E-state index contributed by atoms with van der Waals surface area (Å²) in [4.78, 5) is 29.6. The van der Waals surface area contributed by atoms with Crippen LogP contribution in [0.4, 0.5) is 5.69 Å². The van der Waals surface area contributed by atoms with Gasteiger partial charge in [0.05, 0.1) is 25.7 Å². The van der Waals surface area contributed by atoms with E-state index in [1.807, 2.05) is 26.0 Å². The number of aromatic nitrogens is 1. The van der Waals surface area contributed by atoms with E-state index in [1.165, 1.54) is 26.0 Å². The third kappa shape index (κ3) is 5.89. The van der Waals surface area contributed by atoms with Crippen molar-refractivity contribution in [3.8, 4) is 11.5 Å². The van der Waals surface area contributed by atoms with Gasteiger partial charge in [-0.3, -0.25) is 14.6 Å². The fourth-order valence-electron chi connectivity index (χ4n) is 2.30. The molecule has 0 spiro atoms. The van der Waals surface area contributed by atoms with Crippen molar-refractivity contribution in [2.45, 2.75) is 24.8 Å². The molecule has 0 saturated carbocycles. The van der Waals surface area contributed by atoms with E-state index >= 15 is 0 Å². The summed E-state index contributed by atoms with van der Waals surface area (Å²) in [6.07, 6.45) is 3.34. The summed E-state index contributed by atoms with van der Waals surface area (Å²) in [5.74, 6) is 0.454. The number of carbonyl (C=O) groups is 2. The third-order valence-corrected chi connectivity index (χ3v) is 4.47. The van der Waals surface area contributed by atoms with E-state index in [2.05, 4.69) is 15.6 Å². The molecule has 2 rings (SSSR count). The highest BCUT2D eigenvalue weighted by Gasteiger charge is 2.18. The lowest BCUT2D eigenvalue weighted by Gasteiger charge is -2.16. The number of thioether (sulfide) groups is 1. The van der Waals surface area contributed by atoms with Gasteiger partial charge in [-0.1, -0.05) is 0 Å². The zero-order valence-electron chi connectivity index (χ0n) is 15.7. The molecule has 0 unspecified atom stereocenters. The van der Waals surface area contributed by atoms with Crippen molar-refractivity contribution < 1.29 is 19.1 Å². The number of amides is 2. The number of carbonyl (C=O) groups excluding carboxylic acids is 2. The molecule has 7 nitrogen and oxygen atoms in total. The molecule has 2 amide bonds. The number of methoxy groups -OCH3 is 2. The molecule has 1 aromatic heterocycles. The van der Waals surface area contributed by atoms with Gasteiger partial charge in [-0.15, -0.1) is 11.8 Å². The van der Waals surface area contributed by atoms with Crippen LogP contribution in [0.25, 0.3) is 0 Å². The van der Waals surface area contributed by atoms with Crippen molar-refractivity contribution in [3.05, 3.63) is 42.2 Å². The summed E-state index contributed by atoms with van der Waals surface area (Å²) in [6.45, 7) is 3.75. The molecule has 144 valence electrons. The van der Waals surface area contributed by atoms with Crippen LogP contribution < -0.4 is 20.1 Å². The highest BCUT2D eigenvalue weighted by atomic mass is 32.2. The maximum Gasteiger partial charge on any atom is 0.251 e. The van der Waals surface area contributed by atoms with Gasteiger partial charge >= 0.3 is 0 Å². The van der Waals surface area contributed by atoms with Gasteiger partial charge in [0, 0.05) is 28.9 Å². The van der Waals surface area contributed by atoms with Crippen LogP contribution in [0.15, 0.2) is 41.6 Å². The van der Waals surface area contributed by atoms with Gasteiger partial charge in [-0.05, 0) is 38.1 Å². The van der Waals surface area contributed by atoms with Crippen LogP contribution in [0.2, 0.25) is 0 Å². The molecule has 0 aliphatic heterocycles. The molecule has 1 heterocycles. The minimum absolute atomic E-state index is 0.0135. The first-order valence-corrected chi connectivity index (χ1v) is 9.32. The van der Waals surface area contributed by atoms with Gasteiger partial charge in [0.1, 0.15) is 0 Å². The smallest absolute Gasteiger partial charge is 0.251 e. The summed E-state index contributed by atoms with van der Waals surface area (Å²) < 4.78 is 10.7. The first kappa shape index (κ1) is 20.6. The molecule has 27 heavy (non-hydrogen) atoms. The van der Waals surface area contributed by atoms with E-state index in [1.54, 1.807) is 24.5 Å². The second-order valence-electron chi connectivity index (χ2n) is 5.91. The van der Waals surface area contributed by atoms with Gasteiger partial charge in [-0.2, -0.15) is 0 Å². The van der Waals surface area contributed by atoms with Crippen molar-refractivity contribution in [3.63, 3.8) is 0 Å². The molecule has 0 fully saturated rings. The van der Waals surface area contributed by atoms with Crippen molar-refractivity contribution in [1.82, 2.24) is 10.3 Å². The number of nitrogens with zero attached hydrogens (tertiary/aromatic N) is 1. The Morgan fingerprint density at radius 2 is 1.85 bits per heavy atom. The quantitative estimate of drug-likeness (QED) is 0.675. The van der Waals surface area contributed by atoms with Crippen molar-refractivity contribution >= 4 is 29.3 Å². The monoisotopic (exact) mass is 389 g/mol. The Balaban J connectivity index is 2.19. The van der Waals surface area contributed by atoms with Crippen LogP contribution in [0.3, 0.4) is 0 Å². The van der Waals surface area contributed by atoms with Crippen LogP contribution in [0, 0.1) is 0 Å². The Bertz CT molecular complexity index is 797. The number of benzene rings is 1. The molecule has 1 aromatic carbocycles. The maximum absolute atomic E-state index is 12.4. The first-order valence-electron chi connectivity index (χ1n) is 8.34. The number of ether oxygens (including phenoxy) is 2. The van der Waals surface area contributed by atoms with E-state index < -0.39 is 0 Å². The van der Waals surface area contributed by atoms with Crippen molar-refractivity contribution in [1.29, 1.82) is 0 Å². The van der Waals surface area contributed by atoms with Crippen molar-refractivity contribution in [2.24, 2.45) is 0 Å². The zero-order valence-corrected chi connectivity index (χ0v) is 16.6. The van der Waals surface area contributed by atoms with Gasteiger partial charge in [-0.25, -0.2) is 0 Å². The molecule has 0 aliphatic carbocycles. The standard InChI is InChI=1S/C19H23N3O4S/c1-12(2)21-19(24)13-9-15(18(26-4)16(10-13)25-3)22-17(23)11-27-14-5-7-20-8-6-14/h5-10,12H,11H2,1-4H3,(H,21,24)(H,22,23). The Morgan fingerprint density at radius 3 is 2.44 bits per heavy atom. The fraction of sp³-hybridized carbons (Fsp3) is 0.316. The fourth-order valence-corrected chi connectivity index (χ4v) is 2.99. The Morgan fingerprint density at radius 1 is 1.15 bits per heavy atom. The van der Waals surface area contributed by atoms with Crippen molar-refractivity contribution in [2.75, 3.05) is 25.3 Å². The lowest BCUT2D eigenvalue weighted by Crippen LogP contribution is -2.30. The van der Waals surface area contributed by atoms with E-state index in [4.69, 9.17) is 9.47 Å². The van der Waals surface area contributed by atoms with Gasteiger partial charge in [0.25, 0.3) is 5.91 Å². The molecule has 0 bridgehead atoms. The van der Waals surface area contributed by atoms with Crippen LogP contribution in [0.1, 0.15) is 24.2 Å². The molecule has 0 saturated heterocycles. The summed E-state index contributed by atoms with van der Waals surface area (Å²) in [5, 5.41) is 5.61. The summed E-state index contributed by atoms with van der Waals surface area (Å²) in [6, 6.07) is 6.81. The average Bonchev–Trinajstić information content (AvgIpc) is 2.66. The maximum atomic E-state index is 12.4. The SMILES string of the molecule is COc1cc(C(=O)NC(C)C)cc(NC(=O)CSc2ccncc2)c1OC. The average molecular weight is 389 g/mol. The highest BCUT2D eigenvalue weighted by molar-refractivity contribution is 8.00. The summed E-state index contributed by atoms with van der Waals surface area (Å²) >= 11 is 1.39. The van der Waals surface area contributed by atoms with Crippen LogP contribution >= 0.6 is 11.8 Å². The number of hydrogen-bond donors (Lipinski definition) is 2. The zero-order chi connectivity index (χ0) is 19.8. The number of anilines is 1. The minimum atomic E-state index is -0.257. The highest BCUT2D eigenvalue weighted by Crippen LogP contribution is 2.36. The summed E-state index contributed by atoms with van der Waals surface area (Å²) in [7, 11) is 2.96. The van der Waals surface area contributed by atoms with Crippen LogP contribution in [0.5, 0.6) is 11.5 Å². The topological polar surface area (TPSA) is 89.6 Å². The van der Waals surface area contributed by atoms with E-state index in [9.17, 15) is 9.59 Å². The van der Waals surface area contributed by atoms with Crippen LogP contribution in [-0.2, 0) is 4.79 Å². The number of rotatable bonds is 8. The van der Waals surface area contributed by atoms with E-state index in [-0.39, 0.29) is 23.6 Å². The number of pyridine rings is 1.